The van der Waals surface area contributed by atoms with Crippen molar-refractivity contribution in [3.8, 4) is 0 Å². The van der Waals surface area contributed by atoms with Crippen LogP contribution in [0.15, 0.2) is 11.0 Å². The van der Waals surface area contributed by atoms with Gasteiger partial charge in [0.15, 0.2) is 0 Å². The SMILES string of the molecule is COC(=O)c1cnc(CSC)[nH]c1=O. The van der Waals surface area contributed by atoms with Crippen LogP contribution < -0.4 is 5.56 Å². The zero-order chi connectivity index (χ0) is 10.6. The van der Waals surface area contributed by atoms with Crippen LogP contribution in [-0.2, 0) is 10.5 Å². The normalized spacial score (nSPS) is 9.86. The van der Waals surface area contributed by atoms with Crippen molar-refractivity contribution >= 4 is 17.7 Å². The van der Waals surface area contributed by atoms with Gasteiger partial charge in [-0.3, -0.25) is 4.79 Å². The van der Waals surface area contributed by atoms with Gasteiger partial charge in [0, 0.05) is 6.20 Å². The Labute approximate surface area is 84.9 Å². The molecule has 0 radical (unpaired) electrons. The highest BCUT2D eigenvalue weighted by Crippen LogP contribution is 2.01. The smallest absolute Gasteiger partial charge is 0.345 e. The summed E-state index contributed by atoms with van der Waals surface area (Å²) in [5.41, 5.74) is -0.534. The average Bonchev–Trinajstić information content (AvgIpc) is 2.17. The number of esters is 1. The van der Waals surface area contributed by atoms with Gasteiger partial charge in [-0.25, -0.2) is 9.78 Å². The van der Waals surface area contributed by atoms with E-state index < -0.39 is 11.5 Å². The Bertz CT molecular complexity index is 388. The number of nitrogens with one attached hydrogen (secondary N) is 1. The first-order valence-corrected chi connectivity index (χ1v) is 5.24. The van der Waals surface area contributed by atoms with Gasteiger partial charge in [0.25, 0.3) is 5.56 Å². The van der Waals surface area contributed by atoms with E-state index in [9.17, 15) is 9.59 Å². The second-order valence-electron chi connectivity index (χ2n) is 2.50. The maximum absolute atomic E-state index is 11.3. The summed E-state index contributed by atoms with van der Waals surface area (Å²) in [5, 5.41) is 0. The number of aromatic amines is 1. The van der Waals surface area contributed by atoms with Crippen molar-refractivity contribution in [2.45, 2.75) is 5.75 Å². The molecule has 0 bridgehead atoms. The van der Waals surface area contributed by atoms with Gasteiger partial charge in [0.1, 0.15) is 11.4 Å². The van der Waals surface area contributed by atoms with E-state index in [-0.39, 0.29) is 5.56 Å². The molecule has 0 fully saturated rings. The number of aromatic nitrogens is 2. The summed E-state index contributed by atoms with van der Waals surface area (Å²) < 4.78 is 4.41. The van der Waals surface area contributed by atoms with Gasteiger partial charge in [0.2, 0.25) is 0 Å². The molecule has 0 aliphatic heterocycles. The third-order valence-electron chi connectivity index (χ3n) is 1.54. The highest BCUT2D eigenvalue weighted by molar-refractivity contribution is 7.97. The Kier molecular flexibility index (Phi) is 3.70. The number of methoxy groups -OCH3 is 1. The summed E-state index contributed by atoms with van der Waals surface area (Å²) in [7, 11) is 1.22. The van der Waals surface area contributed by atoms with Gasteiger partial charge in [-0.1, -0.05) is 0 Å². The average molecular weight is 214 g/mol. The highest BCUT2D eigenvalue weighted by Gasteiger charge is 2.11. The fraction of sp³-hybridized carbons (Fsp3) is 0.375. The minimum absolute atomic E-state index is 0.0719. The molecule has 0 aliphatic rings. The third kappa shape index (κ3) is 2.35. The Morgan fingerprint density at radius 3 is 2.93 bits per heavy atom. The van der Waals surface area contributed by atoms with Crippen LogP contribution in [0, 0.1) is 0 Å². The maximum atomic E-state index is 11.3. The van der Waals surface area contributed by atoms with Crippen LogP contribution >= 0.6 is 11.8 Å². The molecule has 1 aromatic rings. The molecule has 0 saturated carbocycles. The molecule has 0 aromatic carbocycles. The molecule has 0 saturated heterocycles. The fourth-order valence-corrected chi connectivity index (χ4v) is 1.32. The number of rotatable bonds is 3. The maximum Gasteiger partial charge on any atom is 0.345 e. The summed E-state index contributed by atoms with van der Waals surface area (Å²) >= 11 is 1.53. The molecule has 0 aliphatic carbocycles. The zero-order valence-electron chi connectivity index (χ0n) is 7.86. The van der Waals surface area contributed by atoms with Crippen molar-refractivity contribution < 1.29 is 9.53 Å². The number of H-pyrrole nitrogens is 1. The number of ether oxygens (including phenoxy) is 1. The second-order valence-corrected chi connectivity index (χ2v) is 3.36. The summed E-state index contributed by atoms with van der Waals surface area (Å²) in [5.74, 6) is 0.487. The lowest BCUT2D eigenvalue weighted by Crippen LogP contribution is -2.20. The molecule has 0 spiro atoms. The summed E-state index contributed by atoms with van der Waals surface area (Å²) in [6.45, 7) is 0. The first-order chi connectivity index (χ1) is 6.69. The van der Waals surface area contributed by atoms with E-state index in [1.54, 1.807) is 0 Å². The Hall–Kier alpha value is -1.30. The largest absolute Gasteiger partial charge is 0.465 e. The summed E-state index contributed by atoms with van der Waals surface area (Å²) in [6, 6.07) is 0. The number of nitrogens with zero attached hydrogens (tertiary/aromatic N) is 1. The van der Waals surface area contributed by atoms with Crippen molar-refractivity contribution in [1.82, 2.24) is 9.97 Å². The van der Waals surface area contributed by atoms with Gasteiger partial charge in [0.05, 0.1) is 12.9 Å². The molecule has 0 amide bonds. The van der Waals surface area contributed by atoms with E-state index in [2.05, 4.69) is 14.7 Å². The number of carbonyl (C=O) groups is 1. The summed E-state index contributed by atoms with van der Waals surface area (Å²) in [4.78, 5) is 28.8. The molecule has 6 heteroatoms. The monoisotopic (exact) mass is 214 g/mol. The first kappa shape index (κ1) is 10.8. The Morgan fingerprint density at radius 1 is 1.71 bits per heavy atom. The van der Waals surface area contributed by atoms with Crippen LogP contribution in [0.4, 0.5) is 0 Å². The van der Waals surface area contributed by atoms with Crippen molar-refractivity contribution in [2.75, 3.05) is 13.4 Å². The molecule has 0 atom stereocenters. The van der Waals surface area contributed by atoms with Crippen LogP contribution in [-0.4, -0.2) is 29.3 Å². The van der Waals surface area contributed by atoms with Gasteiger partial charge in [-0.15, -0.1) is 0 Å². The molecule has 1 N–H and O–H groups in total. The van der Waals surface area contributed by atoms with E-state index >= 15 is 0 Å². The third-order valence-corrected chi connectivity index (χ3v) is 2.10. The van der Waals surface area contributed by atoms with Crippen LogP contribution in [0.5, 0.6) is 0 Å². The lowest BCUT2D eigenvalue weighted by atomic mass is 10.3. The van der Waals surface area contributed by atoms with Crippen molar-refractivity contribution in [2.24, 2.45) is 0 Å². The lowest BCUT2D eigenvalue weighted by molar-refractivity contribution is 0.0598. The van der Waals surface area contributed by atoms with E-state index in [1.807, 2.05) is 6.26 Å². The molecule has 5 nitrogen and oxygen atoms in total. The molecular formula is C8H10N2O3S. The van der Waals surface area contributed by atoms with E-state index in [1.165, 1.54) is 25.1 Å². The van der Waals surface area contributed by atoms with E-state index in [0.717, 1.165) is 0 Å². The Balaban J connectivity index is 3.02. The minimum atomic E-state index is -0.672. The van der Waals surface area contributed by atoms with Gasteiger partial charge >= 0.3 is 5.97 Å². The molecule has 1 aromatic heterocycles. The summed E-state index contributed by atoms with van der Waals surface area (Å²) in [6.07, 6.45) is 3.13. The van der Waals surface area contributed by atoms with E-state index in [4.69, 9.17) is 0 Å². The Morgan fingerprint density at radius 2 is 2.43 bits per heavy atom. The van der Waals surface area contributed by atoms with Crippen molar-refractivity contribution in [1.29, 1.82) is 0 Å². The number of carbonyl (C=O) groups excluding carboxylic acids is 1. The predicted octanol–water partition coefficient (Wildman–Crippen LogP) is 0.419. The molecule has 1 heterocycles. The lowest BCUT2D eigenvalue weighted by Gasteiger charge is -1.99. The van der Waals surface area contributed by atoms with Crippen molar-refractivity contribution in [3.63, 3.8) is 0 Å². The quantitative estimate of drug-likeness (QED) is 0.738. The first-order valence-electron chi connectivity index (χ1n) is 3.84. The van der Waals surface area contributed by atoms with Crippen molar-refractivity contribution in [3.05, 3.63) is 27.9 Å². The van der Waals surface area contributed by atoms with Gasteiger partial charge < -0.3 is 9.72 Å². The van der Waals surface area contributed by atoms with Gasteiger partial charge in [-0.2, -0.15) is 11.8 Å². The molecule has 0 unspecified atom stereocenters. The molecule has 1 rings (SSSR count). The highest BCUT2D eigenvalue weighted by atomic mass is 32.2. The number of thioether (sulfide) groups is 1. The predicted molar refractivity (Wildman–Crippen MR) is 53.4 cm³/mol. The molecular weight excluding hydrogens is 204 g/mol. The molecule has 76 valence electrons. The van der Waals surface area contributed by atoms with Crippen LogP contribution in [0.3, 0.4) is 0 Å². The van der Waals surface area contributed by atoms with Crippen LogP contribution in [0.1, 0.15) is 16.2 Å². The van der Waals surface area contributed by atoms with Crippen LogP contribution in [0.25, 0.3) is 0 Å². The number of hydrogen-bond acceptors (Lipinski definition) is 5. The fourth-order valence-electron chi connectivity index (χ4n) is 0.897. The van der Waals surface area contributed by atoms with Gasteiger partial charge in [-0.05, 0) is 6.26 Å². The zero-order valence-corrected chi connectivity index (χ0v) is 8.68. The second kappa shape index (κ2) is 4.80. The van der Waals surface area contributed by atoms with E-state index in [0.29, 0.717) is 11.6 Å². The number of hydrogen-bond donors (Lipinski definition) is 1. The molecule has 14 heavy (non-hydrogen) atoms. The standard InChI is InChI=1S/C8H10N2O3S/c1-13-8(12)5-3-9-6(4-14-2)10-7(5)11/h3H,4H2,1-2H3,(H,9,10,11). The minimum Gasteiger partial charge on any atom is -0.465 e. The topological polar surface area (TPSA) is 72.0 Å². The van der Waals surface area contributed by atoms with Crippen LogP contribution in [0.2, 0.25) is 0 Å².